The van der Waals surface area contributed by atoms with Crippen LogP contribution in [0, 0.1) is 0 Å². The van der Waals surface area contributed by atoms with Gasteiger partial charge in [0.15, 0.2) is 0 Å². The van der Waals surface area contributed by atoms with Crippen LogP contribution < -0.4 is 15.7 Å². The second-order valence-electron chi connectivity index (χ2n) is 20.4. The third-order valence-corrected chi connectivity index (χ3v) is 14.9. The van der Waals surface area contributed by atoms with Crippen molar-refractivity contribution in [3.63, 3.8) is 0 Å². The molecule has 10 aromatic rings. The second kappa shape index (κ2) is 11.7. The second-order valence-corrected chi connectivity index (χ2v) is 20.4. The molecule has 5 heteroatoms. The summed E-state index contributed by atoms with van der Waals surface area (Å²) in [6.45, 7) is 16.6. The highest BCUT2D eigenvalue weighted by Crippen LogP contribution is 2.53. The SMILES string of the molecule is CC(C)(C)c1ccc(N2B3c4cc5occ(-c6ccccc6)c5cc4-n4c5cc6oc7ccccc7c6cc5c5ccc(c3c54)-c3cc4c(cc32)C(C)(C)CCC4(C)C)cc1. The molecule has 0 bridgehead atoms. The maximum atomic E-state index is 6.61. The molecule has 13 rings (SSSR count). The van der Waals surface area contributed by atoms with Crippen LogP contribution in [0.15, 0.2) is 142 Å². The largest absolute Gasteiger partial charge is 0.464 e. The highest BCUT2D eigenvalue weighted by molar-refractivity contribution is 6.93. The van der Waals surface area contributed by atoms with Gasteiger partial charge in [0.25, 0.3) is 0 Å². The summed E-state index contributed by atoms with van der Waals surface area (Å²) in [6, 6.07) is 47.9. The minimum atomic E-state index is -0.116. The van der Waals surface area contributed by atoms with E-state index < -0.39 is 0 Å². The molecule has 0 radical (unpaired) electrons. The molecule has 1 aliphatic carbocycles. The number of furan rings is 2. The van der Waals surface area contributed by atoms with Crippen molar-refractivity contribution in [3.05, 3.63) is 150 Å². The van der Waals surface area contributed by atoms with Gasteiger partial charge in [-0.25, -0.2) is 0 Å². The fourth-order valence-electron chi connectivity index (χ4n) is 11.4. The van der Waals surface area contributed by atoms with Gasteiger partial charge in [0, 0.05) is 61.2 Å². The molecule has 4 nitrogen and oxygen atoms in total. The molecular weight excluding hydrogens is 743 g/mol. The average molecular weight is 791 g/mol. The standard InChI is InChI=1S/C56H47BN2O2/c1-54(2,3)33-17-19-34(20-18-33)59-47-28-44-43(55(4,5)23-24-56(44,6)7)26-39(47)36-21-22-37-38-25-40-35-15-11-12-16-49(35)61-51(40)30-46(38)58-48-27-41-42(32-13-9-8-10-14-32)31-60-50(41)29-45(48)57(59)52(36)53(37)58/h8-22,25-31H,23-24H2,1-7H3. The van der Waals surface area contributed by atoms with E-state index in [2.05, 4.69) is 185 Å². The number of para-hydroxylation sites is 1. The maximum absolute atomic E-state index is 6.61. The summed E-state index contributed by atoms with van der Waals surface area (Å²) in [7, 11) is 0. The predicted octanol–water partition coefficient (Wildman–Crippen LogP) is 14.0. The van der Waals surface area contributed by atoms with Gasteiger partial charge >= 0.3 is 6.85 Å². The zero-order chi connectivity index (χ0) is 41.3. The molecule has 7 aromatic carbocycles. The smallest absolute Gasteiger partial charge is 0.333 e. The average Bonchev–Trinajstić information content (AvgIpc) is 3.94. The topological polar surface area (TPSA) is 34.5 Å². The van der Waals surface area contributed by atoms with Crippen LogP contribution >= 0.6 is 0 Å². The Morgan fingerprint density at radius 1 is 0.574 bits per heavy atom. The van der Waals surface area contributed by atoms with Gasteiger partial charge < -0.3 is 18.2 Å². The van der Waals surface area contributed by atoms with Crippen LogP contribution in [0.25, 0.3) is 82.7 Å². The molecule has 61 heavy (non-hydrogen) atoms. The van der Waals surface area contributed by atoms with Crippen LogP contribution in [0.1, 0.15) is 78.0 Å². The molecule has 0 saturated carbocycles. The van der Waals surface area contributed by atoms with Crippen LogP contribution in [0.3, 0.4) is 0 Å². The molecule has 0 unspecified atom stereocenters. The Morgan fingerprint density at radius 3 is 2.08 bits per heavy atom. The van der Waals surface area contributed by atoms with Crippen molar-refractivity contribution >= 4 is 83.9 Å². The summed E-state index contributed by atoms with van der Waals surface area (Å²) in [6.07, 6.45) is 4.27. The molecule has 5 heterocycles. The van der Waals surface area contributed by atoms with Crippen molar-refractivity contribution in [1.82, 2.24) is 4.57 Å². The van der Waals surface area contributed by atoms with Crippen LogP contribution in [-0.4, -0.2) is 11.4 Å². The first-order valence-corrected chi connectivity index (χ1v) is 22.0. The normalized spacial score (nSPS) is 16.2. The third kappa shape index (κ3) is 4.72. The Morgan fingerprint density at radius 2 is 1.31 bits per heavy atom. The number of hydrogen-bond acceptors (Lipinski definition) is 3. The van der Waals surface area contributed by atoms with Crippen LogP contribution in [-0.2, 0) is 16.2 Å². The van der Waals surface area contributed by atoms with Gasteiger partial charge in [0.05, 0.1) is 17.3 Å². The lowest BCUT2D eigenvalue weighted by molar-refractivity contribution is 0.332. The zero-order valence-corrected chi connectivity index (χ0v) is 35.9. The number of hydrogen-bond donors (Lipinski definition) is 0. The van der Waals surface area contributed by atoms with E-state index in [0.29, 0.717) is 0 Å². The summed E-state index contributed by atoms with van der Waals surface area (Å²) in [5.41, 5.74) is 20.7. The van der Waals surface area contributed by atoms with Gasteiger partial charge in [-0.05, 0) is 116 Å². The number of anilines is 2. The van der Waals surface area contributed by atoms with Crippen molar-refractivity contribution in [2.45, 2.75) is 77.6 Å². The number of benzene rings is 7. The first-order chi connectivity index (χ1) is 29.4. The Hall–Kier alpha value is -6.46. The first-order valence-electron chi connectivity index (χ1n) is 22.0. The molecular formula is C56H47BN2O2. The molecule has 0 atom stereocenters. The van der Waals surface area contributed by atoms with E-state index in [1.165, 1.54) is 78.5 Å². The Bertz CT molecular complexity index is 3520. The van der Waals surface area contributed by atoms with Gasteiger partial charge in [-0.15, -0.1) is 0 Å². The van der Waals surface area contributed by atoms with Crippen molar-refractivity contribution in [1.29, 1.82) is 0 Å². The zero-order valence-electron chi connectivity index (χ0n) is 35.9. The van der Waals surface area contributed by atoms with E-state index in [-0.39, 0.29) is 23.1 Å². The van der Waals surface area contributed by atoms with E-state index in [0.717, 1.165) is 56.0 Å². The van der Waals surface area contributed by atoms with Crippen molar-refractivity contribution in [2.24, 2.45) is 0 Å². The minimum Gasteiger partial charge on any atom is -0.464 e. The quantitative estimate of drug-likeness (QED) is 0.164. The van der Waals surface area contributed by atoms with Gasteiger partial charge in [0.2, 0.25) is 0 Å². The molecule has 2 aliphatic heterocycles. The lowest BCUT2D eigenvalue weighted by atomic mass is 9.43. The molecule has 0 spiro atoms. The fourth-order valence-corrected chi connectivity index (χ4v) is 11.4. The van der Waals surface area contributed by atoms with Gasteiger partial charge in [-0.3, -0.25) is 0 Å². The predicted molar refractivity (Wildman–Crippen MR) is 256 cm³/mol. The van der Waals surface area contributed by atoms with Crippen LogP contribution in [0.2, 0.25) is 0 Å². The minimum absolute atomic E-state index is 0.0377. The fraction of sp³-hybridized carbons (Fsp3) is 0.214. The van der Waals surface area contributed by atoms with E-state index in [9.17, 15) is 0 Å². The third-order valence-electron chi connectivity index (χ3n) is 14.9. The lowest BCUT2D eigenvalue weighted by Gasteiger charge is -2.46. The molecule has 296 valence electrons. The summed E-state index contributed by atoms with van der Waals surface area (Å²) >= 11 is 0. The maximum Gasteiger partial charge on any atom is 0.333 e. The summed E-state index contributed by atoms with van der Waals surface area (Å²) in [4.78, 5) is 2.67. The van der Waals surface area contributed by atoms with E-state index >= 15 is 0 Å². The molecule has 3 aromatic heterocycles. The molecule has 0 amide bonds. The molecule has 0 N–H and O–H groups in total. The highest BCUT2D eigenvalue weighted by Gasteiger charge is 2.46. The highest BCUT2D eigenvalue weighted by atomic mass is 16.3. The number of fused-ring (bicyclic) bond motifs is 13. The van der Waals surface area contributed by atoms with Gasteiger partial charge in [0.1, 0.15) is 16.7 Å². The molecule has 3 aliphatic rings. The molecule has 0 fully saturated rings. The van der Waals surface area contributed by atoms with Crippen LogP contribution in [0.5, 0.6) is 0 Å². The van der Waals surface area contributed by atoms with Crippen molar-refractivity contribution in [2.75, 3.05) is 4.81 Å². The van der Waals surface area contributed by atoms with Gasteiger partial charge in [-0.1, -0.05) is 121 Å². The monoisotopic (exact) mass is 790 g/mol. The van der Waals surface area contributed by atoms with Crippen LogP contribution in [0.4, 0.5) is 11.4 Å². The summed E-state index contributed by atoms with van der Waals surface area (Å²) in [5, 5.41) is 5.90. The van der Waals surface area contributed by atoms with Gasteiger partial charge in [-0.2, -0.15) is 0 Å². The number of nitrogens with zero attached hydrogens (tertiary/aromatic N) is 2. The van der Waals surface area contributed by atoms with Crippen molar-refractivity contribution < 1.29 is 8.83 Å². The lowest BCUT2D eigenvalue weighted by Crippen LogP contribution is -2.60. The Balaban J connectivity index is 1.20. The number of aromatic nitrogens is 1. The Labute approximate surface area is 356 Å². The summed E-state index contributed by atoms with van der Waals surface area (Å²) in [5.74, 6) is 0. The summed E-state index contributed by atoms with van der Waals surface area (Å²) < 4.78 is 15.7. The van der Waals surface area contributed by atoms with E-state index in [1.54, 1.807) is 0 Å². The van der Waals surface area contributed by atoms with E-state index in [1.807, 2.05) is 6.26 Å². The Kier molecular flexibility index (Phi) is 6.76. The molecule has 0 saturated heterocycles. The first kappa shape index (κ1) is 35.3. The van der Waals surface area contributed by atoms with E-state index in [4.69, 9.17) is 8.83 Å². The number of rotatable bonds is 2. The van der Waals surface area contributed by atoms with Crippen molar-refractivity contribution in [3.8, 4) is 27.9 Å².